The van der Waals surface area contributed by atoms with E-state index in [0.717, 1.165) is 18.7 Å². The van der Waals surface area contributed by atoms with Gasteiger partial charge in [-0.1, -0.05) is 19.1 Å². The smallest absolute Gasteiger partial charge is 0.243 e. The summed E-state index contributed by atoms with van der Waals surface area (Å²) in [5.41, 5.74) is 10.9. The molecule has 1 heterocycles. The van der Waals surface area contributed by atoms with E-state index < -0.39 is 0 Å². The zero-order valence-corrected chi connectivity index (χ0v) is 10.3. The summed E-state index contributed by atoms with van der Waals surface area (Å²) in [6, 6.07) is 8.30. The topological polar surface area (TPSA) is 58.4 Å². The van der Waals surface area contributed by atoms with Crippen LogP contribution in [0.25, 0.3) is 0 Å². The van der Waals surface area contributed by atoms with E-state index in [0.29, 0.717) is 0 Å². The molecule has 2 unspecified atom stereocenters. The van der Waals surface area contributed by atoms with Crippen molar-refractivity contribution in [3.63, 3.8) is 0 Å². The molecule has 3 N–H and O–H groups in total. The Morgan fingerprint density at radius 3 is 2.94 bits per heavy atom. The monoisotopic (exact) mass is 233 g/mol. The molecule has 2 atom stereocenters. The molecule has 4 nitrogen and oxygen atoms in total. The van der Waals surface area contributed by atoms with Gasteiger partial charge in [-0.2, -0.15) is 0 Å². The Kier molecular flexibility index (Phi) is 3.33. The summed E-state index contributed by atoms with van der Waals surface area (Å²) in [5.74, 6) is 0.134. The van der Waals surface area contributed by atoms with E-state index in [9.17, 15) is 4.79 Å². The molecule has 1 amide bonds. The molecule has 2 rings (SSSR count). The number of carbonyl (C=O) groups excluding carboxylic acids is 1. The molecular formula is C13H19N3O. The number of carbonyl (C=O) groups is 1. The van der Waals surface area contributed by atoms with Crippen LogP contribution in [0.15, 0.2) is 24.3 Å². The van der Waals surface area contributed by atoms with Gasteiger partial charge in [-0.15, -0.1) is 0 Å². The van der Waals surface area contributed by atoms with Gasteiger partial charge < -0.3 is 5.73 Å². The standard InChI is InChI=1S/C13H19N3O/c1-9-8-16(15-13(9)17)12-5-3-4-11(7-12)6-10(2)14/h3-5,7,9-10H,6,8,14H2,1-2H3,(H,15,17). The molecule has 4 heteroatoms. The number of benzene rings is 1. The van der Waals surface area contributed by atoms with E-state index in [1.807, 2.05) is 31.0 Å². The van der Waals surface area contributed by atoms with Gasteiger partial charge in [0.15, 0.2) is 0 Å². The lowest BCUT2D eigenvalue weighted by Gasteiger charge is -2.18. The zero-order chi connectivity index (χ0) is 12.4. The Morgan fingerprint density at radius 2 is 2.35 bits per heavy atom. The molecule has 0 bridgehead atoms. The second kappa shape index (κ2) is 4.75. The van der Waals surface area contributed by atoms with E-state index >= 15 is 0 Å². The van der Waals surface area contributed by atoms with Gasteiger partial charge in [-0.3, -0.25) is 15.2 Å². The number of nitrogens with zero attached hydrogens (tertiary/aromatic N) is 1. The summed E-state index contributed by atoms with van der Waals surface area (Å²) >= 11 is 0. The van der Waals surface area contributed by atoms with Crippen LogP contribution in [0, 0.1) is 5.92 Å². The quantitative estimate of drug-likeness (QED) is 0.821. The third-order valence-corrected chi connectivity index (χ3v) is 2.93. The second-order valence-electron chi connectivity index (χ2n) is 4.84. The van der Waals surface area contributed by atoms with E-state index in [-0.39, 0.29) is 17.9 Å². The molecule has 0 aromatic heterocycles. The largest absolute Gasteiger partial charge is 0.328 e. The van der Waals surface area contributed by atoms with Gasteiger partial charge in [0.05, 0.1) is 18.2 Å². The number of anilines is 1. The van der Waals surface area contributed by atoms with Crippen molar-refractivity contribution >= 4 is 11.6 Å². The first-order chi connectivity index (χ1) is 8.06. The van der Waals surface area contributed by atoms with E-state index in [1.54, 1.807) is 0 Å². The molecule has 1 aliphatic heterocycles. The van der Waals surface area contributed by atoms with Crippen LogP contribution in [0.2, 0.25) is 0 Å². The molecule has 1 aromatic rings. The highest BCUT2D eigenvalue weighted by Crippen LogP contribution is 2.20. The molecule has 0 saturated carbocycles. The van der Waals surface area contributed by atoms with Crippen molar-refractivity contribution in [3.8, 4) is 0 Å². The Hall–Kier alpha value is -1.55. The molecular weight excluding hydrogens is 214 g/mol. The molecule has 1 aliphatic rings. The van der Waals surface area contributed by atoms with Crippen LogP contribution in [-0.4, -0.2) is 18.5 Å². The van der Waals surface area contributed by atoms with Gasteiger partial charge in [-0.25, -0.2) is 0 Å². The number of rotatable bonds is 3. The molecule has 1 aromatic carbocycles. The number of nitrogens with one attached hydrogen (secondary N) is 1. The van der Waals surface area contributed by atoms with E-state index in [4.69, 9.17) is 5.73 Å². The normalized spacial score (nSPS) is 21.5. The number of hydrogen-bond donors (Lipinski definition) is 2. The second-order valence-corrected chi connectivity index (χ2v) is 4.84. The summed E-state index contributed by atoms with van der Waals surface area (Å²) in [6.07, 6.45) is 0.852. The van der Waals surface area contributed by atoms with Gasteiger partial charge >= 0.3 is 0 Å². The number of hydrazine groups is 1. The third-order valence-electron chi connectivity index (χ3n) is 2.93. The van der Waals surface area contributed by atoms with Gasteiger partial charge in [0, 0.05) is 6.04 Å². The Bertz CT molecular complexity index is 417. The molecule has 17 heavy (non-hydrogen) atoms. The van der Waals surface area contributed by atoms with Gasteiger partial charge in [-0.05, 0) is 31.0 Å². The minimum absolute atomic E-state index is 0.0482. The van der Waals surface area contributed by atoms with Crippen molar-refractivity contribution in [2.45, 2.75) is 26.3 Å². The summed E-state index contributed by atoms with van der Waals surface area (Å²) in [7, 11) is 0. The lowest BCUT2D eigenvalue weighted by Crippen LogP contribution is -2.33. The fourth-order valence-electron chi connectivity index (χ4n) is 2.04. The highest BCUT2D eigenvalue weighted by atomic mass is 16.2. The first-order valence-corrected chi connectivity index (χ1v) is 5.99. The SMILES string of the molecule is CC(N)Cc1cccc(N2CC(C)C(=O)N2)c1. The van der Waals surface area contributed by atoms with Crippen molar-refractivity contribution in [2.24, 2.45) is 11.7 Å². The van der Waals surface area contributed by atoms with Crippen molar-refractivity contribution in [1.82, 2.24) is 5.43 Å². The highest BCUT2D eigenvalue weighted by Gasteiger charge is 2.26. The maximum atomic E-state index is 11.4. The van der Waals surface area contributed by atoms with Crippen LogP contribution < -0.4 is 16.2 Å². The van der Waals surface area contributed by atoms with Crippen LogP contribution in [0.1, 0.15) is 19.4 Å². The van der Waals surface area contributed by atoms with Crippen LogP contribution in [-0.2, 0) is 11.2 Å². The summed E-state index contributed by atoms with van der Waals surface area (Å²) < 4.78 is 0. The van der Waals surface area contributed by atoms with Crippen LogP contribution >= 0.6 is 0 Å². The first kappa shape index (κ1) is 11.9. The van der Waals surface area contributed by atoms with Crippen LogP contribution in [0.5, 0.6) is 0 Å². The molecule has 1 saturated heterocycles. The predicted octanol–water partition coefficient (Wildman–Crippen LogP) is 1.06. The Labute approximate surface area is 102 Å². The first-order valence-electron chi connectivity index (χ1n) is 5.99. The van der Waals surface area contributed by atoms with Crippen molar-refractivity contribution < 1.29 is 4.79 Å². The summed E-state index contributed by atoms with van der Waals surface area (Å²) in [5, 5.41) is 1.90. The lowest BCUT2D eigenvalue weighted by atomic mass is 10.1. The molecule has 0 aliphatic carbocycles. The van der Waals surface area contributed by atoms with E-state index in [2.05, 4.69) is 17.6 Å². The molecule has 0 radical (unpaired) electrons. The zero-order valence-electron chi connectivity index (χ0n) is 10.3. The fraction of sp³-hybridized carbons (Fsp3) is 0.462. The highest BCUT2D eigenvalue weighted by molar-refractivity contribution is 5.83. The molecule has 1 fully saturated rings. The van der Waals surface area contributed by atoms with Crippen molar-refractivity contribution in [2.75, 3.05) is 11.6 Å². The lowest BCUT2D eigenvalue weighted by molar-refractivity contribution is -0.121. The average molecular weight is 233 g/mol. The van der Waals surface area contributed by atoms with Gasteiger partial charge in [0.2, 0.25) is 5.91 Å². The van der Waals surface area contributed by atoms with Crippen molar-refractivity contribution in [3.05, 3.63) is 29.8 Å². The van der Waals surface area contributed by atoms with Gasteiger partial charge in [0.1, 0.15) is 0 Å². The van der Waals surface area contributed by atoms with Crippen molar-refractivity contribution in [1.29, 1.82) is 0 Å². The van der Waals surface area contributed by atoms with Crippen LogP contribution in [0.3, 0.4) is 0 Å². The average Bonchev–Trinajstić information content (AvgIpc) is 2.59. The molecule has 0 spiro atoms. The number of nitrogens with two attached hydrogens (primary N) is 1. The predicted molar refractivity (Wildman–Crippen MR) is 68.4 cm³/mol. The number of hydrogen-bond acceptors (Lipinski definition) is 3. The fourth-order valence-corrected chi connectivity index (χ4v) is 2.04. The third kappa shape index (κ3) is 2.77. The minimum atomic E-state index is 0.0482. The number of amides is 1. The summed E-state index contributed by atoms with van der Waals surface area (Å²) in [4.78, 5) is 11.4. The van der Waals surface area contributed by atoms with Gasteiger partial charge in [0.25, 0.3) is 0 Å². The minimum Gasteiger partial charge on any atom is -0.328 e. The summed E-state index contributed by atoms with van der Waals surface area (Å²) in [6.45, 7) is 4.65. The Morgan fingerprint density at radius 1 is 1.59 bits per heavy atom. The van der Waals surface area contributed by atoms with Crippen LogP contribution in [0.4, 0.5) is 5.69 Å². The molecule has 92 valence electrons. The maximum Gasteiger partial charge on any atom is 0.243 e. The van der Waals surface area contributed by atoms with E-state index in [1.165, 1.54) is 5.56 Å². The Balaban J connectivity index is 2.14. The maximum absolute atomic E-state index is 11.4.